The Bertz CT molecular complexity index is 514. The molecule has 1 aliphatic rings. The number of carboxylic acids is 1. The van der Waals surface area contributed by atoms with Crippen molar-refractivity contribution in [3.63, 3.8) is 0 Å². The van der Waals surface area contributed by atoms with Gasteiger partial charge in [-0.1, -0.05) is 11.6 Å². The van der Waals surface area contributed by atoms with Crippen LogP contribution >= 0.6 is 22.9 Å². The Morgan fingerprint density at radius 2 is 2.32 bits per heavy atom. The zero-order valence-corrected chi connectivity index (χ0v) is 11.5. The third kappa shape index (κ3) is 3.79. The van der Waals surface area contributed by atoms with Crippen LogP contribution in [0, 0.1) is 0 Å². The molecule has 1 atom stereocenters. The minimum absolute atomic E-state index is 0.0731. The fraction of sp³-hybridized carbons (Fsp3) is 0.333. The van der Waals surface area contributed by atoms with Gasteiger partial charge in [0.15, 0.2) is 6.10 Å². The van der Waals surface area contributed by atoms with Crippen molar-refractivity contribution in [2.45, 2.75) is 6.10 Å². The molecule has 1 fully saturated rings. The van der Waals surface area contributed by atoms with E-state index in [-0.39, 0.29) is 19.1 Å². The number of rotatable bonds is 3. The van der Waals surface area contributed by atoms with Crippen LogP contribution in [0.1, 0.15) is 4.88 Å². The number of nitrogens with zero attached hydrogens (tertiary/aromatic N) is 1. The largest absolute Gasteiger partial charge is 0.479 e. The van der Waals surface area contributed by atoms with Gasteiger partial charge in [0.1, 0.15) is 0 Å². The third-order valence-electron chi connectivity index (χ3n) is 2.64. The van der Waals surface area contributed by atoms with Gasteiger partial charge < -0.3 is 14.7 Å². The topological polar surface area (TPSA) is 66.8 Å². The van der Waals surface area contributed by atoms with Crippen LogP contribution in [-0.2, 0) is 14.3 Å². The van der Waals surface area contributed by atoms with Crippen LogP contribution in [0.25, 0.3) is 6.08 Å². The first-order valence-corrected chi connectivity index (χ1v) is 6.82. The number of halogens is 1. The smallest absolute Gasteiger partial charge is 0.334 e. The van der Waals surface area contributed by atoms with Crippen LogP contribution in [0.4, 0.5) is 0 Å². The second kappa shape index (κ2) is 6.18. The maximum atomic E-state index is 11.9. The molecule has 2 heterocycles. The lowest BCUT2D eigenvalue weighted by Gasteiger charge is -2.30. The summed E-state index contributed by atoms with van der Waals surface area (Å²) in [5.41, 5.74) is 0. The Balaban J connectivity index is 1.96. The summed E-state index contributed by atoms with van der Waals surface area (Å²) in [5.74, 6) is -1.27. The van der Waals surface area contributed by atoms with Crippen LogP contribution in [0.2, 0.25) is 4.34 Å². The molecule has 1 amide bonds. The van der Waals surface area contributed by atoms with Gasteiger partial charge >= 0.3 is 5.97 Å². The van der Waals surface area contributed by atoms with Crippen molar-refractivity contribution in [1.82, 2.24) is 4.90 Å². The van der Waals surface area contributed by atoms with Crippen LogP contribution in [0.3, 0.4) is 0 Å². The van der Waals surface area contributed by atoms with E-state index >= 15 is 0 Å². The summed E-state index contributed by atoms with van der Waals surface area (Å²) in [6, 6.07) is 3.57. The molecule has 19 heavy (non-hydrogen) atoms. The van der Waals surface area contributed by atoms with Crippen LogP contribution in [0.5, 0.6) is 0 Å². The number of carboxylic acid groups (broad SMARTS) is 1. The van der Waals surface area contributed by atoms with E-state index in [1.165, 1.54) is 22.3 Å². The molecule has 1 N–H and O–H groups in total. The van der Waals surface area contributed by atoms with Gasteiger partial charge in [0.05, 0.1) is 17.5 Å². The molecule has 5 nitrogen and oxygen atoms in total. The minimum Gasteiger partial charge on any atom is -0.479 e. The molecule has 1 saturated heterocycles. The van der Waals surface area contributed by atoms with Gasteiger partial charge in [-0.05, 0) is 18.2 Å². The van der Waals surface area contributed by atoms with Crippen molar-refractivity contribution in [2.24, 2.45) is 0 Å². The standard InChI is InChI=1S/C12H12ClNO4S/c13-10-3-1-8(19-10)2-4-11(15)14-5-6-18-9(7-14)12(16)17/h1-4,9H,5-7H2,(H,16,17)/b4-2+/t9-/m0/s1. The van der Waals surface area contributed by atoms with Crippen molar-refractivity contribution in [3.8, 4) is 0 Å². The number of carbonyl (C=O) groups is 2. The van der Waals surface area contributed by atoms with Gasteiger partial charge in [0.25, 0.3) is 0 Å². The molecular weight excluding hydrogens is 290 g/mol. The maximum Gasteiger partial charge on any atom is 0.334 e. The maximum absolute atomic E-state index is 11.9. The first-order chi connectivity index (χ1) is 9.06. The van der Waals surface area contributed by atoms with Crippen molar-refractivity contribution >= 4 is 40.9 Å². The molecule has 0 aliphatic carbocycles. The summed E-state index contributed by atoms with van der Waals surface area (Å²) < 4.78 is 5.71. The SMILES string of the molecule is O=C(O)[C@@H]1CN(C(=O)/C=C/c2ccc(Cl)s2)CCO1. The van der Waals surface area contributed by atoms with Crippen molar-refractivity contribution in [3.05, 3.63) is 27.4 Å². The average Bonchev–Trinajstić information content (AvgIpc) is 2.82. The summed E-state index contributed by atoms with van der Waals surface area (Å²) >= 11 is 7.16. The van der Waals surface area contributed by atoms with Gasteiger partial charge in [-0.25, -0.2) is 4.79 Å². The molecule has 102 valence electrons. The molecule has 0 unspecified atom stereocenters. The quantitative estimate of drug-likeness (QED) is 0.863. The number of ether oxygens (including phenoxy) is 1. The van der Waals surface area contributed by atoms with E-state index in [0.717, 1.165) is 4.88 Å². The van der Waals surface area contributed by atoms with Crippen LogP contribution in [-0.4, -0.2) is 47.7 Å². The van der Waals surface area contributed by atoms with Crippen LogP contribution in [0.15, 0.2) is 18.2 Å². The van der Waals surface area contributed by atoms with Crippen molar-refractivity contribution in [2.75, 3.05) is 19.7 Å². The summed E-state index contributed by atoms with van der Waals surface area (Å²) in [4.78, 5) is 25.1. The van der Waals surface area contributed by atoms with Gasteiger partial charge in [-0.3, -0.25) is 4.79 Å². The summed E-state index contributed by atoms with van der Waals surface area (Å²) in [7, 11) is 0. The highest BCUT2D eigenvalue weighted by molar-refractivity contribution is 7.17. The highest BCUT2D eigenvalue weighted by Crippen LogP contribution is 2.22. The van der Waals surface area contributed by atoms with E-state index < -0.39 is 12.1 Å². The molecular formula is C12H12ClNO4S. The lowest BCUT2D eigenvalue weighted by atomic mass is 10.2. The van der Waals surface area contributed by atoms with Gasteiger partial charge in [-0.15, -0.1) is 11.3 Å². The first-order valence-electron chi connectivity index (χ1n) is 5.63. The third-order valence-corrected chi connectivity index (χ3v) is 3.83. The number of morpholine rings is 1. The molecule has 0 radical (unpaired) electrons. The second-order valence-electron chi connectivity index (χ2n) is 3.96. The number of amides is 1. The number of thiophene rings is 1. The lowest BCUT2D eigenvalue weighted by molar-refractivity contribution is -0.158. The fourth-order valence-corrected chi connectivity index (χ4v) is 2.64. The summed E-state index contributed by atoms with van der Waals surface area (Å²) in [6.07, 6.45) is 2.15. The minimum atomic E-state index is -1.05. The van der Waals surface area contributed by atoms with E-state index in [1.807, 2.05) is 6.07 Å². The second-order valence-corrected chi connectivity index (χ2v) is 5.70. The van der Waals surface area contributed by atoms with Crippen molar-refractivity contribution < 1.29 is 19.4 Å². The highest BCUT2D eigenvalue weighted by Gasteiger charge is 2.27. The molecule has 7 heteroatoms. The fourth-order valence-electron chi connectivity index (χ4n) is 1.68. The molecule has 0 bridgehead atoms. The molecule has 0 saturated carbocycles. The molecule has 1 aromatic rings. The zero-order chi connectivity index (χ0) is 13.8. The Kier molecular flexibility index (Phi) is 4.57. The van der Waals surface area contributed by atoms with Crippen molar-refractivity contribution in [1.29, 1.82) is 0 Å². The molecule has 0 aromatic carbocycles. The number of carbonyl (C=O) groups excluding carboxylic acids is 1. The summed E-state index contributed by atoms with van der Waals surface area (Å²) in [5, 5.41) is 8.85. The zero-order valence-electron chi connectivity index (χ0n) is 9.91. The average molecular weight is 302 g/mol. The van der Waals surface area contributed by atoms with Gasteiger partial charge in [-0.2, -0.15) is 0 Å². The predicted octanol–water partition coefficient (Wildman–Crippen LogP) is 1.73. The van der Waals surface area contributed by atoms with Crippen LogP contribution < -0.4 is 0 Å². The molecule has 2 rings (SSSR count). The molecule has 0 spiro atoms. The number of aliphatic carboxylic acids is 1. The first kappa shape index (κ1) is 14.0. The van der Waals surface area contributed by atoms with E-state index in [1.54, 1.807) is 12.1 Å². The highest BCUT2D eigenvalue weighted by atomic mass is 35.5. The van der Waals surface area contributed by atoms with Gasteiger partial charge in [0.2, 0.25) is 5.91 Å². The molecule has 1 aromatic heterocycles. The Morgan fingerprint density at radius 3 is 2.95 bits per heavy atom. The van der Waals surface area contributed by atoms with E-state index in [4.69, 9.17) is 21.4 Å². The normalized spacial score (nSPS) is 19.8. The van der Waals surface area contributed by atoms with E-state index in [2.05, 4.69) is 0 Å². The monoisotopic (exact) mass is 301 g/mol. The molecule has 1 aliphatic heterocycles. The van der Waals surface area contributed by atoms with E-state index in [0.29, 0.717) is 10.9 Å². The number of hydrogen-bond donors (Lipinski definition) is 1. The Hall–Kier alpha value is -1.37. The van der Waals surface area contributed by atoms with Gasteiger partial charge in [0, 0.05) is 17.5 Å². The Morgan fingerprint density at radius 1 is 1.53 bits per heavy atom. The number of hydrogen-bond acceptors (Lipinski definition) is 4. The van der Waals surface area contributed by atoms with E-state index in [9.17, 15) is 9.59 Å². The summed E-state index contributed by atoms with van der Waals surface area (Å²) in [6.45, 7) is 0.712. The Labute approximate surface area is 119 Å². The lowest BCUT2D eigenvalue weighted by Crippen LogP contribution is -2.48. The predicted molar refractivity (Wildman–Crippen MR) is 72.3 cm³/mol.